The number of methoxy groups -OCH3 is 1. The summed E-state index contributed by atoms with van der Waals surface area (Å²) in [5.41, 5.74) is 0. The van der Waals surface area contributed by atoms with Crippen molar-refractivity contribution >= 4 is 23.5 Å². The van der Waals surface area contributed by atoms with Crippen LogP contribution in [0.5, 0.6) is 0 Å². The minimum absolute atomic E-state index is 0.845. The third-order valence-corrected chi connectivity index (χ3v) is 3.76. The molecule has 0 saturated carbocycles. The van der Waals surface area contributed by atoms with Gasteiger partial charge in [-0.05, 0) is 12.2 Å². The van der Waals surface area contributed by atoms with E-state index in [9.17, 15) is 0 Å². The minimum atomic E-state index is 0.845. The van der Waals surface area contributed by atoms with Crippen LogP contribution in [0.4, 0.5) is 0 Å². The lowest BCUT2D eigenvalue weighted by molar-refractivity contribution is 0.167. The van der Waals surface area contributed by atoms with Crippen LogP contribution < -0.4 is 0 Å². The predicted octanol–water partition coefficient (Wildman–Crippen LogP) is 2.92. The summed E-state index contributed by atoms with van der Waals surface area (Å²) in [6.07, 6.45) is 2.63. The molecule has 0 amide bonds. The molecule has 0 aliphatic carbocycles. The predicted molar refractivity (Wildman–Crippen MR) is 72.3 cm³/mol. The maximum Gasteiger partial charge on any atom is 0.0557 e. The summed E-state index contributed by atoms with van der Waals surface area (Å²) in [7, 11) is 1.74. The lowest BCUT2D eigenvalue weighted by atomic mass is 10.4. The molecule has 0 spiro atoms. The molecule has 0 fully saturated rings. The summed E-state index contributed by atoms with van der Waals surface area (Å²) in [6, 6.07) is 0. The first-order chi connectivity index (χ1) is 7.41. The summed E-state index contributed by atoms with van der Waals surface area (Å²) in [5.74, 6) is 4.58. The second kappa shape index (κ2) is 14.6. The summed E-state index contributed by atoms with van der Waals surface area (Å²) in [6.45, 7) is 4.85. The van der Waals surface area contributed by atoms with Gasteiger partial charge in [0.25, 0.3) is 0 Å². The van der Waals surface area contributed by atoms with Crippen LogP contribution in [0.1, 0.15) is 19.8 Å². The first-order valence-corrected chi connectivity index (χ1v) is 7.95. The van der Waals surface area contributed by atoms with Gasteiger partial charge in [0.1, 0.15) is 0 Å². The monoisotopic (exact) mass is 252 g/mol. The molecule has 0 aromatic heterocycles. The number of ether oxygens (including phenoxy) is 2. The normalized spacial score (nSPS) is 10.8. The molecule has 0 atom stereocenters. The van der Waals surface area contributed by atoms with Gasteiger partial charge in [-0.1, -0.05) is 13.3 Å². The molecule has 0 rings (SSSR count). The van der Waals surface area contributed by atoms with Crippen molar-refractivity contribution in [3.63, 3.8) is 0 Å². The van der Waals surface area contributed by atoms with Gasteiger partial charge in [0, 0.05) is 24.4 Å². The second-order valence-electron chi connectivity index (χ2n) is 3.18. The lowest BCUT2D eigenvalue weighted by Crippen LogP contribution is -2.03. The van der Waals surface area contributed by atoms with E-state index < -0.39 is 0 Å². The van der Waals surface area contributed by atoms with Crippen molar-refractivity contribution in [1.29, 1.82) is 0 Å². The zero-order valence-electron chi connectivity index (χ0n) is 10.00. The van der Waals surface area contributed by atoms with Crippen LogP contribution in [0.15, 0.2) is 0 Å². The van der Waals surface area contributed by atoms with Crippen LogP contribution >= 0.6 is 23.5 Å². The largest absolute Gasteiger partial charge is 0.384 e. The molecule has 0 saturated heterocycles. The highest BCUT2D eigenvalue weighted by Crippen LogP contribution is 2.04. The Morgan fingerprint density at radius 2 is 1.47 bits per heavy atom. The number of thioether (sulfide) groups is 2. The summed E-state index contributed by atoms with van der Waals surface area (Å²) < 4.78 is 10.5. The molecule has 0 unspecified atom stereocenters. The Labute approximate surface area is 103 Å². The molecule has 2 nitrogen and oxygen atoms in total. The quantitative estimate of drug-likeness (QED) is 0.497. The summed E-state index contributed by atoms with van der Waals surface area (Å²) >= 11 is 3.89. The van der Waals surface area contributed by atoms with Gasteiger partial charge in [0.15, 0.2) is 0 Å². The van der Waals surface area contributed by atoms with E-state index in [1.54, 1.807) is 7.11 Å². The molecule has 0 aliphatic rings. The molecule has 0 N–H and O–H groups in total. The maximum absolute atomic E-state index is 5.51. The van der Waals surface area contributed by atoms with Gasteiger partial charge in [-0.15, -0.1) is 0 Å². The minimum Gasteiger partial charge on any atom is -0.384 e. The summed E-state index contributed by atoms with van der Waals surface area (Å²) in [4.78, 5) is 0. The number of hydrogen-bond acceptors (Lipinski definition) is 4. The van der Waals surface area contributed by atoms with Crippen LogP contribution in [0.2, 0.25) is 0 Å². The Hall–Kier alpha value is 0.620. The van der Waals surface area contributed by atoms with Crippen molar-refractivity contribution in [2.24, 2.45) is 0 Å². The van der Waals surface area contributed by atoms with Crippen LogP contribution in [-0.2, 0) is 9.47 Å². The van der Waals surface area contributed by atoms with Crippen LogP contribution in [0, 0.1) is 0 Å². The molecule has 0 aromatic carbocycles. The van der Waals surface area contributed by atoms with Gasteiger partial charge in [-0.2, -0.15) is 23.5 Å². The molecule has 0 heterocycles. The van der Waals surface area contributed by atoms with Crippen molar-refractivity contribution in [3.8, 4) is 0 Å². The maximum atomic E-state index is 5.51. The highest BCUT2D eigenvalue weighted by atomic mass is 32.2. The first kappa shape index (κ1) is 15.6. The third-order valence-electron chi connectivity index (χ3n) is 1.82. The van der Waals surface area contributed by atoms with E-state index in [0.717, 1.165) is 37.1 Å². The molecule has 0 radical (unpaired) electrons. The number of unbranched alkanes of at least 4 members (excludes halogenated alkanes) is 1. The van der Waals surface area contributed by atoms with E-state index in [2.05, 4.69) is 6.92 Å². The van der Waals surface area contributed by atoms with E-state index >= 15 is 0 Å². The average molecular weight is 252 g/mol. The fraction of sp³-hybridized carbons (Fsp3) is 1.00. The molecule has 15 heavy (non-hydrogen) atoms. The fourth-order valence-corrected chi connectivity index (χ4v) is 2.59. The van der Waals surface area contributed by atoms with Gasteiger partial charge in [-0.25, -0.2) is 0 Å². The Kier molecular flexibility index (Phi) is 15.2. The topological polar surface area (TPSA) is 18.5 Å². The molecule has 4 heteroatoms. The molecule has 0 aromatic rings. The Morgan fingerprint density at radius 1 is 0.867 bits per heavy atom. The summed E-state index contributed by atoms with van der Waals surface area (Å²) in [5, 5.41) is 0. The second-order valence-corrected chi connectivity index (χ2v) is 5.63. The molecular weight excluding hydrogens is 228 g/mol. The van der Waals surface area contributed by atoms with Crippen molar-refractivity contribution in [1.82, 2.24) is 0 Å². The van der Waals surface area contributed by atoms with E-state index in [-0.39, 0.29) is 0 Å². The molecule has 0 aliphatic heterocycles. The lowest BCUT2D eigenvalue weighted by Gasteiger charge is -2.04. The Balaban J connectivity index is 2.81. The van der Waals surface area contributed by atoms with Gasteiger partial charge >= 0.3 is 0 Å². The fourth-order valence-electron chi connectivity index (χ4n) is 0.931. The number of hydrogen-bond donors (Lipinski definition) is 0. The van der Waals surface area contributed by atoms with Gasteiger partial charge in [-0.3, -0.25) is 0 Å². The van der Waals surface area contributed by atoms with E-state index in [1.807, 2.05) is 23.5 Å². The zero-order valence-corrected chi connectivity index (χ0v) is 11.6. The molecular formula is C11H24O2S2. The van der Waals surface area contributed by atoms with E-state index in [0.29, 0.717) is 0 Å². The van der Waals surface area contributed by atoms with Crippen LogP contribution in [-0.4, -0.2) is 49.9 Å². The smallest absolute Gasteiger partial charge is 0.0557 e. The Morgan fingerprint density at radius 3 is 2.07 bits per heavy atom. The third kappa shape index (κ3) is 14.6. The van der Waals surface area contributed by atoms with E-state index in [1.165, 1.54) is 18.6 Å². The van der Waals surface area contributed by atoms with Gasteiger partial charge < -0.3 is 9.47 Å². The molecule has 0 bridgehead atoms. The van der Waals surface area contributed by atoms with Gasteiger partial charge in [0.05, 0.1) is 19.8 Å². The zero-order chi connectivity index (χ0) is 11.2. The SMILES string of the molecule is CCCCSCCOCCSCCOC. The molecule has 92 valence electrons. The number of rotatable bonds is 12. The first-order valence-electron chi connectivity index (χ1n) is 5.64. The van der Waals surface area contributed by atoms with Crippen molar-refractivity contribution in [2.75, 3.05) is 49.9 Å². The Bertz CT molecular complexity index is 101. The standard InChI is InChI=1S/C11H24O2S2/c1-3-4-8-14-10-6-13-7-11-15-9-5-12-2/h3-11H2,1-2H3. The average Bonchev–Trinajstić information content (AvgIpc) is 2.26. The van der Waals surface area contributed by atoms with Crippen molar-refractivity contribution < 1.29 is 9.47 Å². The van der Waals surface area contributed by atoms with Crippen LogP contribution in [0.25, 0.3) is 0 Å². The van der Waals surface area contributed by atoms with Crippen molar-refractivity contribution in [2.45, 2.75) is 19.8 Å². The van der Waals surface area contributed by atoms with Crippen LogP contribution in [0.3, 0.4) is 0 Å². The highest BCUT2D eigenvalue weighted by Gasteiger charge is 1.91. The van der Waals surface area contributed by atoms with Gasteiger partial charge in [0.2, 0.25) is 0 Å². The van der Waals surface area contributed by atoms with Crippen molar-refractivity contribution in [3.05, 3.63) is 0 Å². The highest BCUT2D eigenvalue weighted by molar-refractivity contribution is 7.99. The van der Waals surface area contributed by atoms with E-state index in [4.69, 9.17) is 9.47 Å².